The van der Waals surface area contributed by atoms with Gasteiger partial charge in [0.2, 0.25) is 0 Å². The van der Waals surface area contributed by atoms with Crippen LogP contribution in [0.25, 0.3) is 11.4 Å². The van der Waals surface area contributed by atoms with E-state index in [0.29, 0.717) is 26.2 Å². The van der Waals surface area contributed by atoms with E-state index in [1.54, 1.807) is 25.3 Å². The Morgan fingerprint density at radius 2 is 1.82 bits per heavy atom. The lowest BCUT2D eigenvalue weighted by molar-refractivity contribution is -0.143. The Balaban J connectivity index is 1.63. The molecule has 0 amide bonds. The summed E-state index contributed by atoms with van der Waals surface area (Å²) in [6.07, 6.45) is 2.25. The van der Waals surface area contributed by atoms with Crippen LogP contribution in [0.5, 0.6) is 5.75 Å². The van der Waals surface area contributed by atoms with Crippen molar-refractivity contribution in [1.29, 1.82) is 0 Å². The van der Waals surface area contributed by atoms with Gasteiger partial charge in [-0.05, 0) is 39.2 Å². The maximum Gasteiger partial charge on any atom is 0.305 e. The second kappa shape index (κ2) is 12.1. The molecule has 0 N–H and O–H groups in total. The van der Waals surface area contributed by atoms with Gasteiger partial charge in [0.05, 0.1) is 19.8 Å². The molecular formula is C26H30F2N2O3. The number of hydrogen-bond donors (Lipinski definition) is 0. The third kappa shape index (κ3) is 6.88. The van der Waals surface area contributed by atoms with Crippen molar-refractivity contribution in [2.75, 3.05) is 13.2 Å². The summed E-state index contributed by atoms with van der Waals surface area (Å²) in [5.74, 6) is 1.37. The molecule has 33 heavy (non-hydrogen) atoms. The summed E-state index contributed by atoms with van der Waals surface area (Å²) >= 11 is 0. The van der Waals surface area contributed by atoms with Crippen molar-refractivity contribution in [3.05, 3.63) is 71.5 Å². The number of esters is 1. The molecule has 176 valence electrons. The third-order valence-corrected chi connectivity index (χ3v) is 5.37. The first-order valence-electron chi connectivity index (χ1n) is 11.3. The van der Waals surface area contributed by atoms with Crippen molar-refractivity contribution in [3.8, 4) is 17.1 Å². The molecule has 0 spiro atoms. The molecule has 0 bridgehead atoms. The Morgan fingerprint density at radius 3 is 2.55 bits per heavy atom. The van der Waals surface area contributed by atoms with Gasteiger partial charge in [-0.15, -0.1) is 0 Å². The highest BCUT2D eigenvalue weighted by atomic mass is 19.3. The number of halogens is 2. The number of alkyl halides is 2. The molecule has 1 heterocycles. The zero-order valence-corrected chi connectivity index (χ0v) is 19.1. The molecule has 2 aromatic carbocycles. The van der Waals surface area contributed by atoms with Gasteiger partial charge < -0.3 is 14.0 Å². The van der Waals surface area contributed by atoms with E-state index < -0.39 is 6.43 Å². The molecule has 0 aliphatic rings. The Morgan fingerprint density at radius 1 is 1.06 bits per heavy atom. The van der Waals surface area contributed by atoms with Crippen LogP contribution in [0.2, 0.25) is 0 Å². The minimum absolute atomic E-state index is 0.00502. The van der Waals surface area contributed by atoms with Crippen LogP contribution in [0.1, 0.15) is 55.9 Å². The summed E-state index contributed by atoms with van der Waals surface area (Å²) in [5.41, 5.74) is 2.76. The van der Waals surface area contributed by atoms with Crippen LogP contribution in [0.4, 0.5) is 8.78 Å². The predicted molar refractivity (Wildman–Crippen MR) is 123 cm³/mol. The van der Waals surface area contributed by atoms with Crippen molar-refractivity contribution in [1.82, 2.24) is 9.55 Å². The Kier molecular flexibility index (Phi) is 8.98. The molecule has 0 atom stereocenters. The maximum absolute atomic E-state index is 12.9. The molecule has 0 aliphatic heterocycles. The van der Waals surface area contributed by atoms with E-state index in [2.05, 4.69) is 9.55 Å². The van der Waals surface area contributed by atoms with Gasteiger partial charge in [-0.2, -0.15) is 0 Å². The van der Waals surface area contributed by atoms with E-state index in [0.717, 1.165) is 47.7 Å². The molecule has 0 saturated carbocycles. The van der Waals surface area contributed by atoms with Crippen LogP contribution in [0.15, 0.2) is 54.7 Å². The highest BCUT2D eigenvalue weighted by molar-refractivity contribution is 5.69. The monoisotopic (exact) mass is 456 g/mol. The number of carbonyl (C=O) groups is 1. The SMILES string of the molecule is CCOC(=O)CCCCCOc1ccccc1Cn1c(C)cnc1-c1ccc(C(F)F)cc1. The lowest BCUT2D eigenvalue weighted by atomic mass is 10.1. The maximum atomic E-state index is 12.9. The Bertz CT molecular complexity index is 1030. The largest absolute Gasteiger partial charge is 0.493 e. The molecule has 5 nitrogen and oxygen atoms in total. The topological polar surface area (TPSA) is 53.4 Å². The first-order valence-corrected chi connectivity index (χ1v) is 11.3. The molecule has 0 radical (unpaired) electrons. The standard InChI is InChI=1S/C26H30F2N2O3/c1-3-32-24(31)11-5-4-8-16-33-23-10-7-6-9-22(23)18-30-19(2)17-29-26(30)21-14-12-20(13-15-21)25(27)28/h6-7,9-10,12-15,17,25H,3-5,8,11,16,18H2,1-2H3. The summed E-state index contributed by atoms with van der Waals surface area (Å²) in [7, 11) is 0. The summed E-state index contributed by atoms with van der Waals surface area (Å²) < 4.78 is 38.8. The molecule has 0 saturated heterocycles. The average molecular weight is 457 g/mol. The van der Waals surface area contributed by atoms with E-state index in [-0.39, 0.29) is 11.5 Å². The minimum Gasteiger partial charge on any atom is -0.493 e. The van der Waals surface area contributed by atoms with Crippen LogP contribution in [-0.4, -0.2) is 28.7 Å². The van der Waals surface area contributed by atoms with Crippen LogP contribution in [0.3, 0.4) is 0 Å². The fraction of sp³-hybridized carbons (Fsp3) is 0.385. The fourth-order valence-corrected chi connectivity index (χ4v) is 3.58. The molecule has 3 rings (SSSR count). The Hall–Kier alpha value is -3.22. The normalized spacial score (nSPS) is 11.1. The summed E-state index contributed by atoms with van der Waals surface area (Å²) in [5, 5.41) is 0. The van der Waals surface area contributed by atoms with Crippen LogP contribution >= 0.6 is 0 Å². The van der Waals surface area contributed by atoms with Gasteiger partial charge in [-0.25, -0.2) is 13.8 Å². The van der Waals surface area contributed by atoms with Crippen molar-refractivity contribution in [3.63, 3.8) is 0 Å². The van der Waals surface area contributed by atoms with Crippen molar-refractivity contribution >= 4 is 5.97 Å². The molecule has 7 heteroatoms. The van der Waals surface area contributed by atoms with Crippen LogP contribution < -0.4 is 4.74 Å². The molecule has 1 aromatic heterocycles. The molecule has 0 unspecified atom stereocenters. The van der Waals surface area contributed by atoms with Crippen molar-refractivity contribution < 1.29 is 23.0 Å². The van der Waals surface area contributed by atoms with E-state index in [4.69, 9.17) is 9.47 Å². The third-order valence-electron chi connectivity index (χ3n) is 5.37. The number of carbonyl (C=O) groups excluding carboxylic acids is 1. The number of nitrogens with zero attached hydrogens (tertiary/aromatic N) is 2. The van der Waals surface area contributed by atoms with Gasteiger partial charge in [-0.3, -0.25) is 4.79 Å². The van der Waals surface area contributed by atoms with Crippen molar-refractivity contribution in [2.45, 2.75) is 52.5 Å². The predicted octanol–water partition coefficient (Wildman–Crippen LogP) is 6.35. The summed E-state index contributed by atoms with van der Waals surface area (Å²) in [4.78, 5) is 15.9. The van der Waals surface area contributed by atoms with Gasteiger partial charge in [0, 0.05) is 35.0 Å². The van der Waals surface area contributed by atoms with E-state index in [1.165, 1.54) is 12.1 Å². The minimum atomic E-state index is -2.49. The van der Waals surface area contributed by atoms with E-state index in [1.807, 2.05) is 31.2 Å². The molecule has 3 aromatic rings. The average Bonchev–Trinajstić information content (AvgIpc) is 3.17. The first kappa shape index (κ1) is 24.4. The molecule has 0 aliphatic carbocycles. The first-order chi connectivity index (χ1) is 16.0. The molecular weight excluding hydrogens is 426 g/mol. The second-order valence-corrected chi connectivity index (χ2v) is 7.80. The van der Waals surface area contributed by atoms with E-state index >= 15 is 0 Å². The van der Waals surface area contributed by atoms with E-state index in [9.17, 15) is 13.6 Å². The number of ether oxygens (including phenoxy) is 2. The number of aryl methyl sites for hydroxylation is 1. The van der Waals surface area contributed by atoms with Crippen LogP contribution in [-0.2, 0) is 16.1 Å². The summed E-state index contributed by atoms with van der Waals surface area (Å²) in [6, 6.07) is 14.1. The zero-order chi connectivity index (χ0) is 23.6. The smallest absolute Gasteiger partial charge is 0.305 e. The van der Waals surface area contributed by atoms with Gasteiger partial charge in [-0.1, -0.05) is 42.5 Å². The summed E-state index contributed by atoms with van der Waals surface area (Å²) in [6.45, 7) is 5.30. The highest BCUT2D eigenvalue weighted by Gasteiger charge is 2.14. The van der Waals surface area contributed by atoms with Crippen LogP contribution in [0, 0.1) is 6.92 Å². The lowest BCUT2D eigenvalue weighted by Gasteiger charge is -2.15. The number of para-hydroxylation sites is 1. The zero-order valence-electron chi connectivity index (χ0n) is 19.1. The lowest BCUT2D eigenvalue weighted by Crippen LogP contribution is -2.07. The number of rotatable bonds is 12. The molecule has 0 fully saturated rings. The number of unbranched alkanes of at least 4 members (excludes halogenated alkanes) is 2. The fourth-order valence-electron chi connectivity index (χ4n) is 3.58. The van der Waals surface area contributed by atoms with Gasteiger partial charge >= 0.3 is 5.97 Å². The number of benzene rings is 2. The van der Waals surface area contributed by atoms with Gasteiger partial charge in [0.25, 0.3) is 6.43 Å². The Labute approximate surface area is 193 Å². The highest BCUT2D eigenvalue weighted by Crippen LogP contribution is 2.27. The number of imidazole rings is 1. The quantitative estimate of drug-likeness (QED) is 0.235. The van der Waals surface area contributed by atoms with Gasteiger partial charge in [0.1, 0.15) is 11.6 Å². The number of aromatic nitrogens is 2. The second-order valence-electron chi connectivity index (χ2n) is 7.80. The van der Waals surface area contributed by atoms with Crippen molar-refractivity contribution in [2.24, 2.45) is 0 Å². The number of hydrogen-bond acceptors (Lipinski definition) is 4. The van der Waals surface area contributed by atoms with Gasteiger partial charge in [0.15, 0.2) is 0 Å².